The van der Waals surface area contributed by atoms with Crippen LogP contribution in [0, 0.1) is 0 Å². The van der Waals surface area contributed by atoms with E-state index in [1.165, 1.54) is 0 Å². The predicted molar refractivity (Wildman–Crippen MR) is 84.2 cm³/mol. The van der Waals surface area contributed by atoms with Gasteiger partial charge in [0, 0.05) is 32.1 Å². The Labute approximate surface area is 132 Å². The third kappa shape index (κ3) is 6.89. The maximum Gasteiger partial charge on any atom is 0.234 e. The van der Waals surface area contributed by atoms with E-state index >= 15 is 0 Å². The zero-order chi connectivity index (χ0) is 16.7. The highest BCUT2D eigenvalue weighted by Crippen LogP contribution is 2.10. The van der Waals surface area contributed by atoms with E-state index in [0.29, 0.717) is 13.1 Å². The Morgan fingerprint density at radius 1 is 1.14 bits per heavy atom. The summed E-state index contributed by atoms with van der Waals surface area (Å²) in [6, 6.07) is 0.210. The van der Waals surface area contributed by atoms with Crippen molar-refractivity contribution in [2.75, 3.05) is 33.2 Å². The van der Waals surface area contributed by atoms with Crippen LogP contribution in [0.2, 0.25) is 0 Å². The Hall–Kier alpha value is -1.63. The topological polar surface area (TPSA) is 81.8 Å². The molecule has 1 heterocycles. The minimum atomic E-state index is -0.0833. The van der Waals surface area contributed by atoms with Crippen LogP contribution in [-0.2, 0) is 14.4 Å². The van der Waals surface area contributed by atoms with Gasteiger partial charge < -0.3 is 15.5 Å². The summed E-state index contributed by atoms with van der Waals surface area (Å²) in [5, 5.41) is 5.77. The molecule has 0 aromatic carbocycles. The molecule has 1 fully saturated rings. The molecule has 7 nitrogen and oxygen atoms in total. The molecule has 0 unspecified atom stereocenters. The van der Waals surface area contributed by atoms with Crippen molar-refractivity contribution in [3.05, 3.63) is 0 Å². The van der Waals surface area contributed by atoms with E-state index in [0.717, 1.165) is 12.8 Å². The number of nitrogens with zero attached hydrogens (tertiary/aromatic N) is 2. The second kappa shape index (κ2) is 8.73. The zero-order valence-electron chi connectivity index (χ0n) is 14.0. The summed E-state index contributed by atoms with van der Waals surface area (Å²) in [5.74, 6) is -0.0816. The fourth-order valence-electron chi connectivity index (χ4n) is 2.53. The van der Waals surface area contributed by atoms with E-state index in [1.807, 2.05) is 13.8 Å². The number of likely N-dealkylation sites (tertiary alicyclic amines) is 1. The molecule has 1 aliphatic heterocycles. The molecule has 7 heteroatoms. The third-order valence-corrected chi connectivity index (χ3v) is 3.58. The smallest absolute Gasteiger partial charge is 0.234 e. The van der Waals surface area contributed by atoms with E-state index in [9.17, 15) is 14.4 Å². The van der Waals surface area contributed by atoms with E-state index in [4.69, 9.17) is 0 Å². The molecule has 0 radical (unpaired) electrons. The van der Waals surface area contributed by atoms with Crippen LogP contribution >= 0.6 is 0 Å². The highest BCUT2D eigenvalue weighted by Gasteiger charge is 2.22. The largest absolute Gasteiger partial charge is 0.353 e. The number of piperidine rings is 1. The summed E-state index contributed by atoms with van der Waals surface area (Å²) >= 11 is 0. The van der Waals surface area contributed by atoms with E-state index < -0.39 is 0 Å². The summed E-state index contributed by atoms with van der Waals surface area (Å²) in [6.45, 7) is 7.14. The SMILES string of the molecule is CC(=O)N1CCC(NC(=O)CN(C)CC(=O)NC(C)C)CC1. The number of carbonyl (C=O) groups is 3. The Morgan fingerprint density at radius 2 is 1.68 bits per heavy atom. The molecule has 1 saturated heterocycles. The molecule has 3 amide bonds. The van der Waals surface area contributed by atoms with Gasteiger partial charge >= 0.3 is 0 Å². The van der Waals surface area contributed by atoms with Crippen LogP contribution in [-0.4, -0.2) is 72.8 Å². The van der Waals surface area contributed by atoms with Crippen molar-refractivity contribution in [2.24, 2.45) is 0 Å². The first-order valence-corrected chi connectivity index (χ1v) is 7.80. The van der Waals surface area contributed by atoms with Gasteiger partial charge in [0.15, 0.2) is 0 Å². The van der Waals surface area contributed by atoms with Crippen LogP contribution in [0.3, 0.4) is 0 Å². The van der Waals surface area contributed by atoms with E-state index in [-0.39, 0.29) is 42.9 Å². The highest BCUT2D eigenvalue weighted by atomic mass is 16.2. The molecular weight excluding hydrogens is 284 g/mol. The quantitative estimate of drug-likeness (QED) is 0.697. The minimum absolute atomic E-state index is 0.0823. The summed E-state index contributed by atoms with van der Waals surface area (Å²) in [5.41, 5.74) is 0. The number of nitrogens with one attached hydrogen (secondary N) is 2. The fraction of sp³-hybridized carbons (Fsp3) is 0.800. The molecule has 126 valence electrons. The molecule has 22 heavy (non-hydrogen) atoms. The van der Waals surface area contributed by atoms with Crippen LogP contribution < -0.4 is 10.6 Å². The van der Waals surface area contributed by atoms with Crippen molar-refractivity contribution in [1.82, 2.24) is 20.4 Å². The molecule has 0 aliphatic carbocycles. The first kappa shape index (κ1) is 18.4. The van der Waals surface area contributed by atoms with Crippen molar-refractivity contribution in [3.8, 4) is 0 Å². The molecule has 2 N–H and O–H groups in total. The maximum absolute atomic E-state index is 12.0. The molecular formula is C15H28N4O3. The van der Waals surface area contributed by atoms with Crippen molar-refractivity contribution < 1.29 is 14.4 Å². The average Bonchev–Trinajstić information content (AvgIpc) is 2.37. The average molecular weight is 312 g/mol. The molecule has 0 bridgehead atoms. The monoisotopic (exact) mass is 312 g/mol. The van der Waals surface area contributed by atoms with Crippen LogP contribution in [0.5, 0.6) is 0 Å². The number of hydrogen-bond donors (Lipinski definition) is 2. The molecule has 0 aromatic rings. The van der Waals surface area contributed by atoms with Gasteiger partial charge in [0.2, 0.25) is 17.7 Å². The van der Waals surface area contributed by atoms with Crippen molar-refractivity contribution in [3.63, 3.8) is 0 Å². The number of likely N-dealkylation sites (N-methyl/N-ethyl adjacent to an activating group) is 1. The van der Waals surface area contributed by atoms with E-state index in [2.05, 4.69) is 10.6 Å². The van der Waals surface area contributed by atoms with Gasteiger partial charge in [0.25, 0.3) is 0 Å². The van der Waals surface area contributed by atoms with Crippen molar-refractivity contribution in [1.29, 1.82) is 0 Å². The zero-order valence-corrected chi connectivity index (χ0v) is 14.0. The third-order valence-electron chi connectivity index (χ3n) is 3.58. The predicted octanol–water partition coefficient (Wildman–Crippen LogP) is -0.430. The number of amides is 3. The standard InChI is InChI=1S/C15H28N4O3/c1-11(2)16-14(21)9-18(4)10-15(22)17-13-5-7-19(8-6-13)12(3)20/h11,13H,5-10H2,1-4H3,(H,16,21)(H,17,22). The van der Waals surface area contributed by atoms with Crippen LogP contribution in [0.15, 0.2) is 0 Å². The Balaban J connectivity index is 2.26. The lowest BCUT2D eigenvalue weighted by Crippen LogP contribution is -2.49. The first-order valence-electron chi connectivity index (χ1n) is 7.80. The normalized spacial score (nSPS) is 16.0. The van der Waals surface area contributed by atoms with Gasteiger partial charge in [-0.1, -0.05) is 0 Å². The Kier molecular flexibility index (Phi) is 7.31. The lowest BCUT2D eigenvalue weighted by molar-refractivity contribution is -0.130. The summed E-state index contributed by atoms with van der Waals surface area (Å²) in [7, 11) is 1.75. The Bertz CT molecular complexity index is 404. The molecule has 0 atom stereocenters. The van der Waals surface area contributed by atoms with Gasteiger partial charge in [-0.05, 0) is 33.7 Å². The van der Waals surface area contributed by atoms with Crippen molar-refractivity contribution >= 4 is 17.7 Å². The number of hydrogen-bond acceptors (Lipinski definition) is 4. The van der Waals surface area contributed by atoms with Gasteiger partial charge in [-0.2, -0.15) is 0 Å². The van der Waals surface area contributed by atoms with E-state index in [1.54, 1.807) is 23.8 Å². The lowest BCUT2D eigenvalue weighted by Gasteiger charge is -2.32. The first-order chi connectivity index (χ1) is 10.3. The van der Waals surface area contributed by atoms with Gasteiger partial charge in [-0.25, -0.2) is 0 Å². The fourth-order valence-corrected chi connectivity index (χ4v) is 2.53. The minimum Gasteiger partial charge on any atom is -0.353 e. The van der Waals surface area contributed by atoms with Crippen LogP contribution in [0.1, 0.15) is 33.6 Å². The molecule has 0 saturated carbocycles. The van der Waals surface area contributed by atoms with Gasteiger partial charge in [0.05, 0.1) is 13.1 Å². The second-order valence-electron chi connectivity index (χ2n) is 6.24. The lowest BCUT2D eigenvalue weighted by atomic mass is 10.1. The summed E-state index contributed by atoms with van der Waals surface area (Å²) in [4.78, 5) is 38.3. The van der Waals surface area contributed by atoms with Crippen LogP contribution in [0.4, 0.5) is 0 Å². The van der Waals surface area contributed by atoms with Crippen LogP contribution in [0.25, 0.3) is 0 Å². The Morgan fingerprint density at radius 3 is 2.18 bits per heavy atom. The number of carbonyl (C=O) groups excluding carboxylic acids is 3. The molecule has 1 aliphatic rings. The summed E-state index contributed by atoms with van der Waals surface area (Å²) < 4.78 is 0. The summed E-state index contributed by atoms with van der Waals surface area (Å²) in [6.07, 6.45) is 1.56. The van der Waals surface area contributed by atoms with Gasteiger partial charge in [0.1, 0.15) is 0 Å². The second-order valence-corrected chi connectivity index (χ2v) is 6.24. The van der Waals surface area contributed by atoms with Crippen molar-refractivity contribution in [2.45, 2.75) is 45.7 Å². The molecule has 0 aromatic heterocycles. The maximum atomic E-state index is 12.0. The molecule has 1 rings (SSSR count). The molecule has 0 spiro atoms. The highest BCUT2D eigenvalue weighted by molar-refractivity contribution is 5.81. The van der Waals surface area contributed by atoms with Gasteiger partial charge in [-0.3, -0.25) is 19.3 Å². The number of rotatable bonds is 6. The van der Waals surface area contributed by atoms with Gasteiger partial charge in [-0.15, -0.1) is 0 Å².